The van der Waals surface area contributed by atoms with E-state index in [2.05, 4.69) is 24.1 Å². The Morgan fingerprint density at radius 1 is 1.38 bits per heavy atom. The van der Waals surface area contributed by atoms with E-state index in [-0.39, 0.29) is 17.5 Å². The van der Waals surface area contributed by atoms with E-state index < -0.39 is 0 Å². The summed E-state index contributed by atoms with van der Waals surface area (Å²) in [5.74, 6) is 0.529. The molecule has 3 nitrogen and oxygen atoms in total. The van der Waals surface area contributed by atoms with Crippen LogP contribution in [0.5, 0.6) is 5.75 Å². The van der Waals surface area contributed by atoms with E-state index in [0.717, 1.165) is 23.3 Å². The fourth-order valence-electron chi connectivity index (χ4n) is 2.75. The standard InChI is InChI=1S/C17H19FN2O/c1-17(2)9-15(20-11-12-4-3-7-19-10-12)14-8-13(18)5-6-16(14)21-17/h3-8,10,15,20H,9,11H2,1-2H3. The highest BCUT2D eigenvalue weighted by molar-refractivity contribution is 5.39. The largest absolute Gasteiger partial charge is 0.487 e. The van der Waals surface area contributed by atoms with Crippen LogP contribution in [0.25, 0.3) is 0 Å². The highest BCUT2D eigenvalue weighted by Crippen LogP contribution is 2.39. The summed E-state index contributed by atoms with van der Waals surface area (Å²) >= 11 is 0. The first kappa shape index (κ1) is 14.0. The molecule has 0 saturated carbocycles. The lowest BCUT2D eigenvalue weighted by molar-refractivity contribution is 0.0654. The molecular weight excluding hydrogens is 267 g/mol. The van der Waals surface area contributed by atoms with Crippen molar-refractivity contribution in [3.05, 3.63) is 59.7 Å². The molecule has 110 valence electrons. The van der Waals surface area contributed by atoms with Crippen molar-refractivity contribution in [2.45, 2.75) is 38.5 Å². The Kier molecular flexibility index (Phi) is 3.64. The maximum absolute atomic E-state index is 13.5. The zero-order chi connectivity index (χ0) is 14.9. The molecule has 1 N–H and O–H groups in total. The quantitative estimate of drug-likeness (QED) is 0.936. The first-order chi connectivity index (χ1) is 10.0. The van der Waals surface area contributed by atoms with Crippen LogP contribution in [0.2, 0.25) is 0 Å². The zero-order valence-corrected chi connectivity index (χ0v) is 12.3. The number of pyridine rings is 1. The van der Waals surface area contributed by atoms with E-state index >= 15 is 0 Å². The van der Waals surface area contributed by atoms with Gasteiger partial charge >= 0.3 is 0 Å². The second-order valence-corrected chi connectivity index (χ2v) is 6.04. The Labute approximate surface area is 124 Å². The second-order valence-electron chi connectivity index (χ2n) is 6.04. The van der Waals surface area contributed by atoms with E-state index in [9.17, 15) is 4.39 Å². The summed E-state index contributed by atoms with van der Waals surface area (Å²) in [5.41, 5.74) is 1.73. The smallest absolute Gasteiger partial charge is 0.125 e. The first-order valence-corrected chi connectivity index (χ1v) is 7.14. The van der Waals surface area contributed by atoms with Gasteiger partial charge in [0.15, 0.2) is 0 Å². The van der Waals surface area contributed by atoms with Gasteiger partial charge in [0.1, 0.15) is 17.2 Å². The molecule has 1 aliphatic heterocycles. The van der Waals surface area contributed by atoms with Crippen LogP contribution in [0.1, 0.15) is 37.4 Å². The van der Waals surface area contributed by atoms with Crippen LogP contribution in [-0.2, 0) is 6.54 Å². The number of rotatable bonds is 3. The summed E-state index contributed by atoms with van der Waals surface area (Å²) in [6, 6.07) is 8.73. The number of nitrogens with zero attached hydrogens (tertiary/aromatic N) is 1. The fraction of sp³-hybridized carbons (Fsp3) is 0.353. The van der Waals surface area contributed by atoms with Crippen LogP contribution in [0, 0.1) is 5.82 Å². The summed E-state index contributed by atoms with van der Waals surface area (Å²) in [5, 5.41) is 3.49. The minimum Gasteiger partial charge on any atom is -0.487 e. The Hall–Kier alpha value is -1.94. The highest BCUT2D eigenvalue weighted by Gasteiger charge is 2.33. The maximum atomic E-state index is 13.5. The number of hydrogen-bond donors (Lipinski definition) is 1. The number of halogens is 1. The number of hydrogen-bond acceptors (Lipinski definition) is 3. The molecule has 2 heterocycles. The lowest BCUT2D eigenvalue weighted by Gasteiger charge is -2.38. The molecule has 0 bridgehead atoms. The Morgan fingerprint density at radius 2 is 2.24 bits per heavy atom. The zero-order valence-electron chi connectivity index (χ0n) is 12.3. The Bertz CT molecular complexity index is 628. The van der Waals surface area contributed by atoms with Crippen molar-refractivity contribution in [3.63, 3.8) is 0 Å². The van der Waals surface area contributed by atoms with Crippen LogP contribution in [0.3, 0.4) is 0 Å². The Morgan fingerprint density at radius 3 is 3.00 bits per heavy atom. The number of aromatic nitrogens is 1. The van der Waals surface area contributed by atoms with Crippen LogP contribution in [-0.4, -0.2) is 10.6 Å². The molecule has 21 heavy (non-hydrogen) atoms. The molecule has 1 aromatic carbocycles. The lowest BCUT2D eigenvalue weighted by atomic mass is 9.89. The molecule has 0 aliphatic carbocycles. The first-order valence-electron chi connectivity index (χ1n) is 7.14. The molecule has 0 amide bonds. The van der Waals surface area contributed by atoms with Gasteiger partial charge in [0.2, 0.25) is 0 Å². The molecule has 0 saturated heterocycles. The van der Waals surface area contributed by atoms with Crippen molar-refractivity contribution in [1.29, 1.82) is 0 Å². The van der Waals surface area contributed by atoms with E-state index in [1.165, 1.54) is 6.07 Å². The van der Waals surface area contributed by atoms with Gasteiger partial charge in [0.25, 0.3) is 0 Å². The molecule has 1 aliphatic rings. The number of nitrogens with one attached hydrogen (secondary N) is 1. The van der Waals surface area contributed by atoms with Gasteiger partial charge in [-0.05, 0) is 43.7 Å². The molecule has 4 heteroatoms. The third-order valence-corrected chi connectivity index (χ3v) is 3.70. The summed E-state index contributed by atoms with van der Waals surface area (Å²) in [7, 11) is 0. The van der Waals surface area contributed by atoms with Crippen molar-refractivity contribution in [1.82, 2.24) is 10.3 Å². The lowest BCUT2D eigenvalue weighted by Crippen LogP contribution is -2.39. The van der Waals surface area contributed by atoms with Crippen LogP contribution >= 0.6 is 0 Å². The van der Waals surface area contributed by atoms with Gasteiger partial charge in [-0.15, -0.1) is 0 Å². The highest BCUT2D eigenvalue weighted by atomic mass is 19.1. The topological polar surface area (TPSA) is 34.2 Å². The van der Waals surface area contributed by atoms with Gasteiger partial charge in [-0.2, -0.15) is 0 Å². The minimum atomic E-state index is -0.266. The average molecular weight is 286 g/mol. The van der Waals surface area contributed by atoms with Gasteiger partial charge in [-0.3, -0.25) is 4.98 Å². The molecule has 0 radical (unpaired) electrons. The maximum Gasteiger partial charge on any atom is 0.125 e. The van der Waals surface area contributed by atoms with E-state index in [4.69, 9.17) is 4.74 Å². The van der Waals surface area contributed by atoms with Gasteiger partial charge in [0, 0.05) is 37.0 Å². The molecule has 3 rings (SSSR count). The van der Waals surface area contributed by atoms with Crippen molar-refractivity contribution in [2.75, 3.05) is 0 Å². The monoisotopic (exact) mass is 286 g/mol. The van der Waals surface area contributed by atoms with E-state index in [1.54, 1.807) is 18.3 Å². The van der Waals surface area contributed by atoms with Crippen LogP contribution < -0.4 is 10.1 Å². The number of ether oxygens (including phenoxy) is 1. The molecule has 1 unspecified atom stereocenters. The van der Waals surface area contributed by atoms with Crippen LogP contribution in [0.15, 0.2) is 42.7 Å². The van der Waals surface area contributed by atoms with Gasteiger partial charge < -0.3 is 10.1 Å². The predicted molar refractivity (Wildman–Crippen MR) is 79.5 cm³/mol. The van der Waals surface area contributed by atoms with Crippen molar-refractivity contribution in [2.24, 2.45) is 0 Å². The SMILES string of the molecule is CC1(C)CC(NCc2cccnc2)c2cc(F)ccc2O1. The normalized spacial score (nSPS) is 19.7. The summed E-state index contributed by atoms with van der Waals surface area (Å²) in [6.07, 6.45) is 4.39. The molecular formula is C17H19FN2O. The third kappa shape index (κ3) is 3.22. The molecule has 1 aromatic heterocycles. The molecule has 1 atom stereocenters. The number of fused-ring (bicyclic) bond motifs is 1. The van der Waals surface area contributed by atoms with Gasteiger partial charge in [0.05, 0.1) is 0 Å². The van der Waals surface area contributed by atoms with Gasteiger partial charge in [-0.25, -0.2) is 4.39 Å². The summed E-state index contributed by atoms with van der Waals surface area (Å²) < 4.78 is 19.5. The molecule has 0 fully saturated rings. The summed E-state index contributed by atoms with van der Waals surface area (Å²) in [6.45, 7) is 4.81. The number of benzene rings is 1. The Balaban J connectivity index is 1.82. The molecule has 2 aromatic rings. The van der Waals surface area contributed by atoms with Crippen LogP contribution in [0.4, 0.5) is 4.39 Å². The third-order valence-electron chi connectivity index (χ3n) is 3.70. The van der Waals surface area contributed by atoms with Crippen molar-refractivity contribution >= 4 is 0 Å². The van der Waals surface area contributed by atoms with Crippen molar-refractivity contribution < 1.29 is 9.13 Å². The van der Waals surface area contributed by atoms with E-state index in [0.29, 0.717) is 6.54 Å². The second kappa shape index (κ2) is 5.45. The average Bonchev–Trinajstić information content (AvgIpc) is 2.46. The minimum absolute atomic E-state index is 0.0691. The van der Waals surface area contributed by atoms with E-state index in [1.807, 2.05) is 18.3 Å². The predicted octanol–water partition coefficient (Wildman–Crippen LogP) is 3.61. The summed E-state index contributed by atoms with van der Waals surface area (Å²) in [4.78, 5) is 4.11. The van der Waals surface area contributed by atoms with Gasteiger partial charge in [-0.1, -0.05) is 6.07 Å². The fourth-order valence-corrected chi connectivity index (χ4v) is 2.75. The molecule has 0 spiro atoms. The van der Waals surface area contributed by atoms with Crippen molar-refractivity contribution in [3.8, 4) is 5.75 Å².